The second-order valence-electron chi connectivity index (χ2n) is 14.1. The molecule has 0 bridgehead atoms. The minimum Gasteiger partial charge on any atom is -0.377 e. The summed E-state index contributed by atoms with van der Waals surface area (Å²) in [6.07, 6.45) is 9.62. The second kappa shape index (κ2) is 23.0. The predicted molar refractivity (Wildman–Crippen MR) is 218 cm³/mol. The van der Waals surface area contributed by atoms with E-state index in [1.165, 1.54) is 11.3 Å². The van der Waals surface area contributed by atoms with E-state index < -0.39 is 11.5 Å². The van der Waals surface area contributed by atoms with Crippen molar-refractivity contribution in [2.75, 3.05) is 77.1 Å². The van der Waals surface area contributed by atoms with Crippen LogP contribution in [0, 0.1) is 5.41 Å². The monoisotopic (exact) mass is 805 g/mol. The molecule has 3 aromatic rings. The minimum absolute atomic E-state index is 0.0587. The first kappa shape index (κ1) is 43.5. The molecule has 308 valence electrons. The molecule has 1 saturated carbocycles. The van der Waals surface area contributed by atoms with E-state index in [9.17, 15) is 19.2 Å². The van der Waals surface area contributed by atoms with Gasteiger partial charge in [0.05, 0.1) is 57.7 Å². The van der Waals surface area contributed by atoms with E-state index in [0.29, 0.717) is 71.3 Å². The molecule has 15 nitrogen and oxygen atoms in total. The zero-order valence-corrected chi connectivity index (χ0v) is 33.5. The maximum Gasteiger partial charge on any atom is 0.250 e. The minimum atomic E-state index is -0.479. The van der Waals surface area contributed by atoms with Crippen LogP contribution in [0.1, 0.15) is 61.8 Å². The molecule has 3 heterocycles. The number of piperidine rings is 1. The quantitative estimate of drug-likeness (QED) is 0.0738. The molecule has 4 amide bonds. The summed E-state index contributed by atoms with van der Waals surface area (Å²) in [6, 6.07) is 10.9. The summed E-state index contributed by atoms with van der Waals surface area (Å²) in [5, 5.41) is 14.3. The van der Waals surface area contributed by atoms with E-state index in [2.05, 4.69) is 32.8 Å². The van der Waals surface area contributed by atoms with E-state index in [4.69, 9.17) is 23.9 Å². The Morgan fingerprint density at radius 1 is 0.982 bits per heavy atom. The summed E-state index contributed by atoms with van der Waals surface area (Å²) in [4.78, 5) is 61.1. The Balaban J connectivity index is 0.897. The second-order valence-corrected chi connectivity index (χ2v) is 15.0. The molecule has 1 atom stereocenters. The van der Waals surface area contributed by atoms with Crippen LogP contribution in [0.5, 0.6) is 0 Å². The smallest absolute Gasteiger partial charge is 0.250 e. The van der Waals surface area contributed by atoms with E-state index in [1.807, 2.05) is 47.7 Å². The van der Waals surface area contributed by atoms with Crippen molar-refractivity contribution in [2.24, 2.45) is 5.41 Å². The average molecular weight is 806 g/mol. The average Bonchev–Trinajstić information content (AvgIpc) is 3.72. The first-order valence-electron chi connectivity index (χ1n) is 19.6. The summed E-state index contributed by atoms with van der Waals surface area (Å²) in [5.74, 6) is -0.128. The summed E-state index contributed by atoms with van der Waals surface area (Å²) >= 11 is 1.51. The zero-order valence-electron chi connectivity index (χ0n) is 32.7. The van der Waals surface area contributed by atoms with Crippen LogP contribution in [-0.2, 0) is 51.1 Å². The van der Waals surface area contributed by atoms with Crippen molar-refractivity contribution in [2.45, 2.75) is 64.0 Å². The van der Waals surface area contributed by atoms with Crippen LogP contribution in [-0.4, -0.2) is 111 Å². The third-order valence-corrected chi connectivity index (χ3v) is 10.7. The van der Waals surface area contributed by atoms with Gasteiger partial charge in [-0.25, -0.2) is 9.97 Å². The van der Waals surface area contributed by atoms with Gasteiger partial charge < -0.3 is 34.9 Å². The number of imide groups is 1. The van der Waals surface area contributed by atoms with Gasteiger partial charge in [-0.05, 0) is 55.6 Å². The van der Waals surface area contributed by atoms with E-state index in [0.717, 1.165) is 59.9 Å². The normalized spacial score (nSPS) is 16.6. The third-order valence-electron chi connectivity index (χ3n) is 10.0. The Labute approximate surface area is 338 Å². The molecule has 2 fully saturated rings. The van der Waals surface area contributed by atoms with Gasteiger partial charge in [-0.2, -0.15) is 0 Å². The van der Waals surface area contributed by atoms with E-state index >= 15 is 0 Å². The molecule has 16 heteroatoms. The van der Waals surface area contributed by atoms with Crippen LogP contribution < -0.4 is 21.3 Å². The molecule has 1 aliphatic carbocycles. The highest BCUT2D eigenvalue weighted by Gasteiger charge is 2.40. The Morgan fingerprint density at radius 2 is 1.70 bits per heavy atom. The number of hydrogen-bond donors (Lipinski definition) is 4. The topological polar surface area (TPSA) is 182 Å². The van der Waals surface area contributed by atoms with E-state index in [1.54, 1.807) is 18.3 Å². The standard InChI is InChI=1S/C41H55N7O8S/c1-3-30-9-7-11-33(32(30)28-48(2)34-13-14-36(49)47-38(34)51)45-37(50)29-56-25-24-55-23-22-54-21-20-53-19-17-42-39(52)41(15-5-4-6-16-41)27-31-10-8-12-35(44-31)46-40-43-18-26-57-40/h3,7-12,18,26,34H,1,4-6,13-17,19-25,27-29H2,2H3,(H,42,52)(H,45,50)(H,43,44,46)(H,47,49,51). The molecule has 4 N–H and O–H groups in total. The number of hydrogen-bond acceptors (Lipinski definition) is 13. The van der Waals surface area contributed by atoms with Crippen LogP contribution in [0.2, 0.25) is 0 Å². The molecular formula is C41H55N7O8S. The lowest BCUT2D eigenvalue weighted by Crippen LogP contribution is -2.51. The summed E-state index contributed by atoms with van der Waals surface area (Å²) in [7, 11) is 1.81. The number of aromatic nitrogens is 2. The van der Waals surface area contributed by atoms with Crippen molar-refractivity contribution in [1.29, 1.82) is 0 Å². The SMILES string of the molecule is C=Cc1cccc(NC(=O)COCCOCCOCCOCCNC(=O)C2(Cc3cccc(Nc4nccs4)n3)CCCCC2)c1CN(C)C1CCC(=O)NC1=O. The van der Waals surface area contributed by atoms with Crippen LogP contribution >= 0.6 is 11.3 Å². The van der Waals surface area contributed by atoms with Gasteiger partial charge in [0.2, 0.25) is 23.6 Å². The van der Waals surface area contributed by atoms with Crippen molar-refractivity contribution >= 4 is 57.7 Å². The van der Waals surface area contributed by atoms with E-state index in [-0.39, 0.29) is 43.3 Å². The Bertz CT molecular complexity index is 1770. The molecule has 1 aliphatic heterocycles. The first-order valence-corrected chi connectivity index (χ1v) is 20.4. The van der Waals surface area contributed by atoms with Gasteiger partial charge in [0, 0.05) is 48.9 Å². The summed E-state index contributed by atoms with van der Waals surface area (Å²) in [6.45, 7) is 6.98. The number of carbonyl (C=O) groups is 4. The molecule has 2 aromatic heterocycles. The number of nitrogens with one attached hydrogen (secondary N) is 4. The van der Waals surface area contributed by atoms with Gasteiger partial charge in [0.15, 0.2) is 5.13 Å². The molecule has 2 aliphatic rings. The number of anilines is 3. The number of amides is 4. The van der Waals surface area contributed by atoms with Crippen molar-refractivity contribution < 1.29 is 38.1 Å². The number of thiazole rings is 1. The molecule has 1 unspecified atom stereocenters. The fourth-order valence-corrected chi connectivity index (χ4v) is 7.62. The largest absolute Gasteiger partial charge is 0.377 e. The number of rotatable bonds is 24. The molecule has 1 saturated heterocycles. The third kappa shape index (κ3) is 13.8. The number of pyridine rings is 1. The highest BCUT2D eigenvalue weighted by molar-refractivity contribution is 7.13. The van der Waals surface area contributed by atoms with Crippen LogP contribution in [0.25, 0.3) is 6.08 Å². The fourth-order valence-electron chi connectivity index (χ4n) is 7.09. The number of carbonyl (C=O) groups excluding carboxylic acids is 4. The van der Waals surface area contributed by atoms with Gasteiger partial charge in [-0.1, -0.05) is 50.1 Å². The molecule has 0 radical (unpaired) electrons. The lowest BCUT2D eigenvalue weighted by atomic mass is 9.70. The Morgan fingerprint density at radius 3 is 2.40 bits per heavy atom. The Hall–Kier alpha value is -4.58. The lowest BCUT2D eigenvalue weighted by Gasteiger charge is -2.35. The molecule has 57 heavy (non-hydrogen) atoms. The number of benzene rings is 1. The summed E-state index contributed by atoms with van der Waals surface area (Å²) < 4.78 is 22.4. The van der Waals surface area contributed by atoms with Gasteiger partial charge in [0.25, 0.3) is 0 Å². The number of ether oxygens (including phenoxy) is 4. The van der Waals surface area contributed by atoms with Gasteiger partial charge in [-0.15, -0.1) is 11.3 Å². The number of nitrogens with zero attached hydrogens (tertiary/aromatic N) is 3. The van der Waals surface area contributed by atoms with Crippen molar-refractivity contribution in [3.63, 3.8) is 0 Å². The van der Waals surface area contributed by atoms with Crippen molar-refractivity contribution in [3.05, 3.63) is 71.4 Å². The molecule has 1 aromatic carbocycles. The van der Waals surface area contributed by atoms with Crippen LogP contribution in [0.15, 0.2) is 54.6 Å². The number of likely N-dealkylation sites (N-methyl/N-ethyl adjacent to an activating group) is 1. The van der Waals surface area contributed by atoms with Crippen molar-refractivity contribution in [1.82, 2.24) is 25.5 Å². The highest BCUT2D eigenvalue weighted by atomic mass is 32.1. The van der Waals surface area contributed by atoms with Crippen LogP contribution in [0.4, 0.5) is 16.6 Å². The van der Waals surface area contributed by atoms with Gasteiger partial charge in [0.1, 0.15) is 12.4 Å². The maximum atomic E-state index is 13.5. The lowest BCUT2D eigenvalue weighted by molar-refractivity contribution is -0.137. The maximum absolute atomic E-state index is 13.5. The molecular weight excluding hydrogens is 751 g/mol. The van der Waals surface area contributed by atoms with Crippen LogP contribution in [0.3, 0.4) is 0 Å². The highest BCUT2D eigenvalue weighted by Crippen LogP contribution is 2.39. The predicted octanol–water partition coefficient (Wildman–Crippen LogP) is 4.48. The zero-order chi connectivity index (χ0) is 40.3. The fraction of sp³-hybridized carbons (Fsp3) is 0.512. The molecule has 5 rings (SSSR count). The van der Waals surface area contributed by atoms with Crippen molar-refractivity contribution in [3.8, 4) is 0 Å². The van der Waals surface area contributed by atoms with Gasteiger partial charge >= 0.3 is 0 Å². The Kier molecular flexibility index (Phi) is 17.6. The first-order chi connectivity index (χ1) is 27.8. The van der Waals surface area contributed by atoms with Gasteiger partial charge in [-0.3, -0.25) is 29.4 Å². The molecule has 0 spiro atoms. The summed E-state index contributed by atoms with van der Waals surface area (Å²) in [5.41, 5.74) is 2.65.